The quantitative estimate of drug-likeness (QED) is 0.550. The number of ether oxygens (including phenoxy) is 1. The van der Waals surface area contributed by atoms with Crippen LogP contribution in [0.15, 0.2) is 24.3 Å². The first-order chi connectivity index (χ1) is 9.40. The number of nitrogens with two attached hydrogens (primary N) is 1. The standard InChI is InChI=1S/C13H19N3O4/c1-3-15-13(2,12(14)17)8-9-20-11-7-5-4-6-10(11)16(18)19/h4-7,15H,3,8-9H2,1-2H3,(H2,14,17). The molecule has 20 heavy (non-hydrogen) atoms. The molecule has 0 radical (unpaired) electrons. The number of nitrogens with one attached hydrogen (secondary N) is 1. The Balaban J connectivity index is 2.68. The molecule has 1 amide bonds. The third kappa shape index (κ3) is 3.92. The predicted octanol–water partition coefficient (Wildman–Crippen LogP) is 1.22. The van der Waals surface area contributed by atoms with Gasteiger partial charge in [-0.3, -0.25) is 14.9 Å². The SMILES string of the molecule is CCNC(C)(CCOc1ccccc1[N+](=O)[O-])C(N)=O. The average Bonchev–Trinajstić information content (AvgIpc) is 2.39. The number of hydrogen-bond donors (Lipinski definition) is 2. The van der Waals surface area contributed by atoms with Crippen molar-refractivity contribution >= 4 is 11.6 Å². The molecule has 0 saturated heterocycles. The van der Waals surface area contributed by atoms with Crippen LogP contribution >= 0.6 is 0 Å². The van der Waals surface area contributed by atoms with Crippen LogP contribution in [0.4, 0.5) is 5.69 Å². The zero-order chi connectivity index (χ0) is 15.2. The number of nitrogens with zero attached hydrogens (tertiary/aromatic N) is 1. The van der Waals surface area contributed by atoms with E-state index in [0.29, 0.717) is 13.0 Å². The molecule has 0 spiro atoms. The third-order valence-electron chi connectivity index (χ3n) is 3.03. The van der Waals surface area contributed by atoms with Crippen molar-refractivity contribution in [2.75, 3.05) is 13.2 Å². The molecule has 1 aromatic carbocycles. The third-order valence-corrected chi connectivity index (χ3v) is 3.03. The van der Waals surface area contributed by atoms with Crippen LogP contribution in [0.1, 0.15) is 20.3 Å². The largest absolute Gasteiger partial charge is 0.487 e. The Morgan fingerprint density at radius 2 is 2.15 bits per heavy atom. The molecule has 110 valence electrons. The fourth-order valence-corrected chi connectivity index (χ4v) is 1.78. The smallest absolute Gasteiger partial charge is 0.310 e. The van der Waals surface area contributed by atoms with Gasteiger partial charge in [-0.05, 0) is 19.5 Å². The number of para-hydroxylation sites is 2. The number of carbonyl (C=O) groups excluding carboxylic acids is 1. The van der Waals surface area contributed by atoms with Gasteiger partial charge in [-0.15, -0.1) is 0 Å². The molecule has 0 aromatic heterocycles. The molecule has 3 N–H and O–H groups in total. The molecule has 0 heterocycles. The predicted molar refractivity (Wildman–Crippen MR) is 74.5 cm³/mol. The van der Waals surface area contributed by atoms with Crippen molar-refractivity contribution in [3.05, 3.63) is 34.4 Å². The van der Waals surface area contributed by atoms with Crippen LogP contribution in [0, 0.1) is 10.1 Å². The summed E-state index contributed by atoms with van der Waals surface area (Å²) in [5.74, 6) is -0.300. The summed E-state index contributed by atoms with van der Waals surface area (Å²) in [6.45, 7) is 4.29. The maximum atomic E-state index is 11.4. The lowest BCUT2D eigenvalue weighted by Gasteiger charge is -2.26. The molecule has 7 heteroatoms. The van der Waals surface area contributed by atoms with Gasteiger partial charge in [0.05, 0.1) is 17.1 Å². The number of likely N-dealkylation sites (N-methyl/N-ethyl adjacent to an activating group) is 1. The minimum absolute atomic E-state index is 0.100. The van der Waals surface area contributed by atoms with E-state index in [1.54, 1.807) is 19.1 Å². The number of benzene rings is 1. The van der Waals surface area contributed by atoms with E-state index in [-0.39, 0.29) is 18.0 Å². The number of nitro benzene ring substituents is 1. The Kier molecular flexibility index (Phi) is 5.45. The van der Waals surface area contributed by atoms with Crippen molar-refractivity contribution in [3.63, 3.8) is 0 Å². The van der Waals surface area contributed by atoms with Gasteiger partial charge in [0.15, 0.2) is 5.75 Å². The van der Waals surface area contributed by atoms with Crippen LogP contribution in [-0.2, 0) is 4.79 Å². The normalized spacial score (nSPS) is 13.5. The van der Waals surface area contributed by atoms with E-state index in [1.165, 1.54) is 12.1 Å². The van der Waals surface area contributed by atoms with Gasteiger partial charge in [0.2, 0.25) is 5.91 Å². The summed E-state index contributed by atoms with van der Waals surface area (Å²) in [6, 6.07) is 6.11. The van der Waals surface area contributed by atoms with E-state index in [0.717, 1.165) is 0 Å². The number of nitro groups is 1. The van der Waals surface area contributed by atoms with Gasteiger partial charge in [-0.1, -0.05) is 19.1 Å². The van der Waals surface area contributed by atoms with Crippen LogP contribution in [0.3, 0.4) is 0 Å². The summed E-state index contributed by atoms with van der Waals surface area (Å²) in [6.07, 6.45) is 0.322. The van der Waals surface area contributed by atoms with Crippen molar-refractivity contribution in [1.29, 1.82) is 0 Å². The average molecular weight is 281 g/mol. The molecule has 1 aromatic rings. The van der Waals surface area contributed by atoms with Crippen LogP contribution in [0.25, 0.3) is 0 Å². The summed E-state index contributed by atoms with van der Waals surface area (Å²) in [5, 5.41) is 13.8. The number of hydrogen-bond acceptors (Lipinski definition) is 5. The summed E-state index contributed by atoms with van der Waals surface area (Å²) >= 11 is 0. The highest BCUT2D eigenvalue weighted by Crippen LogP contribution is 2.26. The van der Waals surface area contributed by atoms with Crippen molar-refractivity contribution in [2.45, 2.75) is 25.8 Å². The molecular formula is C13H19N3O4. The first-order valence-electron chi connectivity index (χ1n) is 6.32. The van der Waals surface area contributed by atoms with E-state index in [2.05, 4.69) is 5.32 Å². The molecule has 1 rings (SSSR count). The minimum Gasteiger partial charge on any atom is -0.487 e. The van der Waals surface area contributed by atoms with Gasteiger partial charge < -0.3 is 15.8 Å². The first-order valence-corrected chi connectivity index (χ1v) is 6.32. The Bertz CT molecular complexity index is 492. The fraction of sp³-hybridized carbons (Fsp3) is 0.462. The Morgan fingerprint density at radius 1 is 1.50 bits per heavy atom. The Morgan fingerprint density at radius 3 is 2.70 bits per heavy atom. The number of primary amides is 1. The van der Waals surface area contributed by atoms with Gasteiger partial charge >= 0.3 is 5.69 Å². The summed E-state index contributed by atoms with van der Waals surface area (Å²) in [5.41, 5.74) is 4.36. The van der Waals surface area contributed by atoms with Crippen LogP contribution in [-0.4, -0.2) is 29.5 Å². The van der Waals surface area contributed by atoms with E-state index in [4.69, 9.17) is 10.5 Å². The van der Waals surface area contributed by atoms with Crippen molar-refractivity contribution in [1.82, 2.24) is 5.32 Å². The van der Waals surface area contributed by atoms with Gasteiger partial charge in [-0.25, -0.2) is 0 Å². The second kappa shape index (κ2) is 6.85. The topological polar surface area (TPSA) is 107 Å². The number of amides is 1. The zero-order valence-electron chi connectivity index (χ0n) is 11.6. The molecule has 7 nitrogen and oxygen atoms in total. The van der Waals surface area contributed by atoms with Crippen molar-refractivity contribution < 1.29 is 14.5 Å². The lowest BCUT2D eigenvalue weighted by molar-refractivity contribution is -0.385. The molecule has 0 aliphatic carbocycles. The molecule has 1 unspecified atom stereocenters. The molecule has 0 saturated carbocycles. The lowest BCUT2D eigenvalue weighted by atomic mass is 9.97. The molecular weight excluding hydrogens is 262 g/mol. The van der Waals surface area contributed by atoms with Crippen LogP contribution in [0.5, 0.6) is 5.75 Å². The Hall–Kier alpha value is -2.15. The molecule has 0 bridgehead atoms. The molecule has 0 aliphatic heterocycles. The van der Waals surface area contributed by atoms with Gasteiger partial charge in [0.25, 0.3) is 0 Å². The monoisotopic (exact) mass is 281 g/mol. The van der Waals surface area contributed by atoms with Gasteiger partial charge in [0, 0.05) is 12.5 Å². The van der Waals surface area contributed by atoms with Gasteiger partial charge in [0.1, 0.15) is 0 Å². The highest BCUT2D eigenvalue weighted by molar-refractivity contribution is 5.84. The maximum absolute atomic E-state index is 11.4. The van der Waals surface area contributed by atoms with Crippen LogP contribution in [0.2, 0.25) is 0 Å². The maximum Gasteiger partial charge on any atom is 0.310 e. The second-order valence-corrected chi connectivity index (χ2v) is 4.55. The van der Waals surface area contributed by atoms with E-state index in [9.17, 15) is 14.9 Å². The Labute approximate surface area is 117 Å². The second-order valence-electron chi connectivity index (χ2n) is 4.55. The first kappa shape index (κ1) is 15.9. The minimum atomic E-state index is -0.891. The van der Waals surface area contributed by atoms with Crippen molar-refractivity contribution in [2.24, 2.45) is 5.73 Å². The lowest BCUT2D eigenvalue weighted by Crippen LogP contribution is -2.53. The highest BCUT2D eigenvalue weighted by atomic mass is 16.6. The van der Waals surface area contributed by atoms with Crippen molar-refractivity contribution in [3.8, 4) is 5.75 Å². The molecule has 0 fully saturated rings. The summed E-state index contributed by atoms with van der Waals surface area (Å²) in [4.78, 5) is 21.7. The van der Waals surface area contributed by atoms with E-state index in [1.807, 2.05) is 6.92 Å². The van der Waals surface area contributed by atoms with Crippen LogP contribution < -0.4 is 15.8 Å². The summed E-state index contributed by atoms with van der Waals surface area (Å²) < 4.78 is 5.40. The molecule has 0 aliphatic rings. The zero-order valence-corrected chi connectivity index (χ0v) is 11.6. The highest BCUT2D eigenvalue weighted by Gasteiger charge is 2.30. The van der Waals surface area contributed by atoms with E-state index < -0.39 is 16.4 Å². The number of rotatable bonds is 8. The molecule has 1 atom stereocenters. The van der Waals surface area contributed by atoms with E-state index >= 15 is 0 Å². The number of carbonyl (C=O) groups is 1. The summed E-state index contributed by atoms with van der Waals surface area (Å²) in [7, 11) is 0. The fourth-order valence-electron chi connectivity index (χ4n) is 1.78. The van der Waals surface area contributed by atoms with Gasteiger partial charge in [-0.2, -0.15) is 0 Å².